The Kier molecular flexibility index (Phi) is 5.66. The zero-order chi connectivity index (χ0) is 20.4. The molecule has 0 aliphatic heterocycles. The van der Waals surface area contributed by atoms with E-state index in [-0.39, 0.29) is 17.4 Å². The van der Waals surface area contributed by atoms with Crippen LogP contribution in [0.4, 0.5) is 16.4 Å². The zero-order valence-corrected chi connectivity index (χ0v) is 17.0. The van der Waals surface area contributed by atoms with Gasteiger partial charge in [-0.2, -0.15) is 4.98 Å². The van der Waals surface area contributed by atoms with Crippen molar-refractivity contribution in [1.29, 1.82) is 0 Å². The Hall–Kier alpha value is -2.92. The predicted octanol–water partition coefficient (Wildman–Crippen LogP) is 2.65. The van der Waals surface area contributed by atoms with E-state index in [4.69, 9.17) is 9.84 Å². The van der Waals surface area contributed by atoms with Gasteiger partial charge >= 0.3 is 6.16 Å². The molecule has 0 radical (unpaired) electrons. The van der Waals surface area contributed by atoms with Gasteiger partial charge < -0.3 is 24.5 Å². The zero-order valence-electron chi connectivity index (χ0n) is 15.4. The lowest BCUT2D eigenvalue weighted by molar-refractivity contribution is 0.141. The third-order valence-corrected chi connectivity index (χ3v) is 4.59. The summed E-state index contributed by atoms with van der Waals surface area (Å²) >= 11 is 3.29. The van der Waals surface area contributed by atoms with Gasteiger partial charge in [0.25, 0.3) is 5.56 Å². The number of nitrogens with zero attached hydrogens (tertiary/aromatic N) is 4. The second-order valence-electron chi connectivity index (χ2n) is 5.98. The van der Waals surface area contributed by atoms with Gasteiger partial charge in [0.1, 0.15) is 5.65 Å². The highest BCUT2D eigenvalue weighted by molar-refractivity contribution is 9.10. The van der Waals surface area contributed by atoms with Crippen molar-refractivity contribution in [2.45, 2.75) is 13.5 Å². The Balaban J connectivity index is 2.04. The normalized spacial score (nSPS) is 11.0. The number of hydrogen-bond donors (Lipinski definition) is 2. The molecular formula is C17H18BrN5O5. The van der Waals surface area contributed by atoms with Crippen molar-refractivity contribution in [2.75, 3.05) is 19.0 Å². The van der Waals surface area contributed by atoms with Crippen molar-refractivity contribution < 1.29 is 19.4 Å². The van der Waals surface area contributed by atoms with Crippen molar-refractivity contribution >= 4 is 44.8 Å². The maximum atomic E-state index is 12.5. The number of hydrogen-bond acceptors (Lipinski definition) is 7. The number of nitrogens with one attached hydrogen (secondary N) is 1. The quantitative estimate of drug-likeness (QED) is 0.548. The number of rotatable bonds is 6. The van der Waals surface area contributed by atoms with Crippen LogP contribution < -0.4 is 15.6 Å². The van der Waals surface area contributed by atoms with Crippen molar-refractivity contribution in [3.8, 4) is 5.88 Å². The number of carbonyl (C=O) groups is 1. The number of pyridine rings is 1. The van der Waals surface area contributed by atoms with E-state index >= 15 is 0 Å². The van der Waals surface area contributed by atoms with Crippen molar-refractivity contribution in [2.24, 2.45) is 7.05 Å². The summed E-state index contributed by atoms with van der Waals surface area (Å²) < 4.78 is 13.2. The lowest BCUT2D eigenvalue weighted by Crippen LogP contribution is -2.24. The van der Waals surface area contributed by atoms with E-state index in [1.54, 1.807) is 26.4 Å². The van der Waals surface area contributed by atoms with Crippen molar-refractivity contribution in [1.82, 2.24) is 19.1 Å². The topological polar surface area (TPSA) is 121 Å². The van der Waals surface area contributed by atoms with Crippen molar-refractivity contribution in [3.05, 3.63) is 38.9 Å². The third-order valence-electron chi connectivity index (χ3n) is 4.02. The molecule has 0 saturated carbocycles. The molecule has 3 rings (SSSR count). The average molecular weight is 452 g/mol. The first-order valence-corrected chi connectivity index (χ1v) is 9.00. The van der Waals surface area contributed by atoms with Crippen molar-refractivity contribution in [3.63, 3.8) is 0 Å². The first-order valence-electron chi connectivity index (χ1n) is 8.21. The van der Waals surface area contributed by atoms with Crippen LogP contribution in [-0.2, 0) is 18.3 Å². The fourth-order valence-corrected chi connectivity index (χ4v) is 3.18. The summed E-state index contributed by atoms with van der Waals surface area (Å²) in [7, 11) is 3.21. The highest BCUT2D eigenvalue weighted by Gasteiger charge is 2.14. The highest BCUT2D eigenvalue weighted by Crippen LogP contribution is 2.24. The highest BCUT2D eigenvalue weighted by atomic mass is 79.9. The largest absolute Gasteiger partial charge is 0.512 e. The van der Waals surface area contributed by atoms with Crippen LogP contribution in [0.1, 0.15) is 5.69 Å². The molecule has 0 aliphatic rings. The van der Waals surface area contributed by atoms with Crippen LogP contribution >= 0.6 is 15.9 Å². The molecule has 0 aliphatic carbocycles. The number of ether oxygens (including phenoxy) is 2. The lowest BCUT2D eigenvalue weighted by atomic mass is 10.2. The SMILES string of the molecule is COCCn1c(=O)c(Br)cc2c(C)nc(Nc3cc(OC(=O)O)n(C)c3)nc21. The smallest absolute Gasteiger partial charge is 0.449 e. The second-order valence-corrected chi connectivity index (χ2v) is 6.84. The standard InChI is InChI=1S/C17H18BrN5O5/c1-9-11-7-12(18)15(24)23(4-5-27-3)14(11)21-16(19-9)20-10-6-13(22(2)8-10)28-17(25)26/h6-8H,4-5H2,1-3H3,(H,25,26)(H,19,20,21). The Morgan fingerprint density at radius 3 is 2.79 bits per heavy atom. The second kappa shape index (κ2) is 7.98. The van der Waals surface area contributed by atoms with Crippen LogP contribution in [0.15, 0.2) is 27.6 Å². The average Bonchev–Trinajstić information content (AvgIpc) is 2.95. The van der Waals surface area contributed by atoms with Gasteiger partial charge in [-0.3, -0.25) is 9.36 Å². The molecule has 0 bridgehead atoms. The van der Waals surface area contributed by atoms with Crippen LogP contribution in [0, 0.1) is 6.92 Å². The number of fused-ring (bicyclic) bond motifs is 1. The van der Waals surface area contributed by atoms with Crippen LogP contribution in [0.5, 0.6) is 5.88 Å². The third kappa shape index (κ3) is 3.99. The molecule has 0 unspecified atom stereocenters. The summed E-state index contributed by atoms with van der Waals surface area (Å²) in [5.74, 6) is 0.416. The first-order chi connectivity index (χ1) is 13.3. The number of anilines is 2. The van der Waals surface area contributed by atoms with Gasteiger partial charge in [0.05, 0.1) is 29.0 Å². The summed E-state index contributed by atoms with van der Waals surface area (Å²) in [5.41, 5.74) is 1.47. The van der Waals surface area contributed by atoms with Crippen LogP contribution in [0.2, 0.25) is 0 Å². The summed E-state index contributed by atoms with van der Waals surface area (Å²) in [5, 5.41) is 12.5. The molecule has 3 aromatic rings. The molecule has 0 fully saturated rings. The molecule has 3 aromatic heterocycles. The summed E-state index contributed by atoms with van der Waals surface area (Å²) in [6, 6.07) is 3.21. The Bertz CT molecular complexity index is 1110. The molecular weight excluding hydrogens is 434 g/mol. The molecule has 0 atom stereocenters. The van der Waals surface area contributed by atoms with E-state index in [9.17, 15) is 9.59 Å². The monoisotopic (exact) mass is 451 g/mol. The minimum atomic E-state index is -1.40. The molecule has 0 aromatic carbocycles. The Morgan fingerprint density at radius 1 is 1.36 bits per heavy atom. The Morgan fingerprint density at radius 2 is 2.11 bits per heavy atom. The fraction of sp³-hybridized carbons (Fsp3) is 0.294. The molecule has 148 valence electrons. The lowest BCUT2D eigenvalue weighted by Gasteiger charge is -2.13. The van der Waals surface area contributed by atoms with Crippen LogP contribution in [-0.4, -0.2) is 44.1 Å². The van der Waals surface area contributed by atoms with Crippen LogP contribution in [0.25, 0.3) is 11.0 Å². The summed E-state index contributed by atoms with van der Waals surface area (Å²) in [4.78, 5) is 32.2. The number of carboxylic acid groups (broad SMARTS) is 1. The predicted molar refractivity (Wildman–Crippen MR) is 105 cm³/mol. The molecule has 3 heterocycles. The van der Waals surface area contributed by atoms with E-state index < -0.39 is 6.16 Å². The molecule has 10 nitrogen and oxygen atoms in total. The Labute approximate surface area is 167 Å². The van der Waals surface area contributed by atoms with Crippen LogP contribution in [0.3, 0.4) is 0 Å². The molecule has 28 heavy (non-hydrogen) atoms. The molecule has 0 spiro atoms. The van der Waals surface area contributed by atoms with E-state index in [1.807, 2.05) is 6.92 Å². The molecule has 11 heteroatoms. The number of aromatic nitrogens is 4. The molecule has 2 N–H and O–H groups in total. The van der Waals surface area contributed by atoms with Gasteiger partial charge in [-0.1, -0.05) is 0 Å². The minimum absolute atomic E-state index is 0.147. The number of halogens is 1. The van der Waals surface area contributed by atoms with Gasteiger partial charge in [-0.25, -0.2) is 9.78 Å². The number of aryl methyl sites for hydroxylation is 2. The fourth-order valence-electron chi connectivity index (χ4n) is 2.73. The maximum absolute atomic E-state index is 12.5. The van der Waals surface area contributed by atoms with E-state index in [0.717, 1.165) is 5.39 Å². The van der Waals surface area contributed by atoms with Gasteiger partial charge in [0.15, 0.2) is 0 Å². The molecule has 0 amide bonds. The maximum Gasteiger partial charge on any atom is 0.512 e. The first kappa shape index (κ1) is 19.8. The summed E-state index contributed by atoms with van der Waals surface area (Å²) in [6.45, 7) is 2.51. The minimum Gasteiger partial charge on any atom is -0.449 e. The van der Waals surface area contributed by atoms with E-state index in [0.29, 0.717) is 34.7 Å². The van der Waals surface area contributed by atoms with Gasteiger partial charge in [0, 0.05) is 31.8 Å². The number of methoxy groups -OCH3 is 1. The van der Waals surface area contributed by atoms with E-state index in [1.165, 1.54) is 15.2 Å². The summed E-state index contributed by atoms with van der Waals surface area (Å²) in [6.07, 6.45) is 0.235. The van der Waals surface area contributed by atoms with Gasteiger partial charge in [-0.05, 0) is 28.9 Å². The van der Waals surface area contributed by atoms with E-state index in [2.05, 4.69) is 36.0 Å². The van der Waals surface area contributed by atoms with Gasteiger partial charge in [0.2, 0.25) is 11.8 Å². The molecule has 0 saturated heterocycles. The van der Waals surface area contributed by atoms with Gasteiger partial charge in [-0.15, -0.1) is 0 Å².